The molecule has 0 spiro atoms. The van der Waals surface area contributed by atoms with Gasteiger partial charge < -0.3 is 20.3 Å². The van der Waals surface area contributed by atoms with Crippen molar-refractivity contribution >= 4 is 15.6 Å². The Bertz CT molecular complexity index is 394. The third kappa shape index (κ3) is 5.76. The Morgan fingerprint density at radius 1 is 1.29 bits per heavy atom. The van der Waals surface area contributed by atoms with Crippen LogP contribution >= 0.6 is 9.58 Å². The Kier molecular flexibility index (Phi) is 9.50. The van der Waals surface area contributed by atoms with Crippen LogP contribution in [0.1, 0.15) is 34.2 Å². The number of aliphatic hydroxyl groups excluding tert-OH is 1. The van der Waals surface area contributed by atoms with Crippen molar-refractivity contribution in [1.29, 1.82) is 0 Å². The molecule has 1 heterocycles. The van der Waals surface area contributed by atoms with E-state index in [0.717, 1.165) is 0 Å². The van der Waals surface area contributed by atoms with E-state index in [4.69, 9.17) is 5.11 Å². The number of carboxylic acid groups (broad SMARTS) is 1. The van der Waals surface area contributed by atoms with E-state index in [1.54, 1.807) is 0 Å². The Hall–Kier alpha value is -0.321. The molecule has 1 aliphatic heterocycles. The van der Waals surface area contributed by atoms with Crippen molar-refractivity contribution in [3.8, 4) is 0 Å². The van der Waals surface area contributed by atoms with Crippen molar-refractivity contribution in [3.05, 3.63) is 27.8 Å². The molecule has 2 unspecified atom stereocenters. The van der Waals surface area contributed by atoms with Gasteiger partial charge in [-0.25, -0.2) is 0 Å². The van der Waals surface area contributed by atoms with Gasteiger partial charge in [0.25, 0.3) is 0 Å². The number of β-amino-alcohol motifs (C(OH)–C–C–N with tert-alkyl or cyclic N) is 1. The number of carbonyl (C=O) groups is 1. The molecule has 6 heteroatoms. The number of halogens is 1. The van der Waals surface area contributed by atoms with Crippen LogP contribution in [0.3, 0.4) is 0 Å². The molecule has 1 saturated heterocycles. The third-order valence-electron chi connectivity index (χ3n) is 4.20. The fourth-order valence-corrected chi connectivity index (χ4v) is 2.30. The number of rotatable bonds is 1. The van der Waals surface area contributed by atoms with E-state index in [2.05, 4.69) is 49.5 Å². The molecule has 2 N–H and O–H groups in total. The van der Waals surface area contributed by atoms with Crippen LogP contribution < -0.4 is 10.4 Å². The molecule has 4 nitrogen and oxygen atoms in total. The quantitative estimate of drug-likeness (QED) is 0.576. The first-order valence-electron chi connectivity index (χ1n) is 6.70. The van der Waals surface area contributed by atoms with Crippen LogP contribution in [0.5, 0.6) is 0 Å². The van der Waals surface area contributed by atoms with E-state index in [1.165, 1.54) is 45.7 Å². The molecule has 2 rings (SSSR count). The molecule has 1 aliphatic rings. The van der Waals surface area contributed by atoms with E-state index < -0.39 is 18.1 Å². The summed E-state index contributed by atoms with van der Waals surface area (Å²) in [6.07, 6.45) is -0.254. The van der Waals surface area contributed by atoms with Crippen LogP contribution in [-0.4, -0.2) is 29.8 Å². The summed E-state index contributed by atoms with van der Waals surface area (Å²) in [7, 11) is 4.64. The Morgan fingerprint density at radius 3 is 1.86 bits per heavy atom. The van der Waals surface area contributed by atoms with Crippen molar-refractivity contribution in [2.24, 2.45) is 0 Å². The molecule has 1 aromatic rings. The number of aliphatic hydroxyl groups is 1. The van der Waals surface area contributed by atoms with E-state index in [9.17, 15) is 9.90 Å². The summed E-state index contributed by atoms with van der Waals surface area (Å²) in [5.41, 5.74) is 7.34. The van der Waals surface area contributed by atoms with E-state index in [-0.39, 0.29) is 6.42 Å². The zero-order valence-corrected chi connectivity index (χ0v) is 16.2. The number of aliphatic carboxylic acids is 1. The second-order valence-electron chi connectivity index (χ2n) is 5.29. The van der Waals surface area contributed by atoms with Crippen LogP contribution in [-0.2, 0) is 22.7 Å². The zero-order valence-electron chi connectivity index (χ0n) is 13.0. The maximum absolute atomic E-state index is 10.1. The fraction of sp³-hybridized carbons (Fsp3) is 0.600. The summed E-state index contributed by atoms with van der Waals surface area (Å²) in [5.74, 6) is -1.13. The Morgan fingerprint density at radius 2 is 1.71 bits per heavy atom. The van der Waals surface area contributed by atoms with Crippen LogP contribution in [0.25, 0.3) is 0 Å². The zero-order chi connectivity index (χ0) is 16.7. The van der Waals surface area contributed by atoms with Gasteiger partial charge in [-0.05, 0) is 6.42 Å². The summed E-state index contributed by atoms with van der Waals surface area (Å²) in [4.78, 5) is 10.1. The van der Waals surface area contributed by atoms with E-state index in [1.807, 2.05) is 0 Å². The summed E-state index contributed by atoms with van der Waals surface area (Å²) in [6, 6.07) is -0.653. The minimum atomic E-state index is -1.13. The van der Waals surface area contributed by atoms with Crippen molar-refractivity contribution < 1.29 is 32.9 Å². The molecule has 1 aromatic carbocycles. The molecule has 0 radical (unpaired) electrons. The van der Waals surface area contributed by atoms with Crippen molar-refractivity contribution in [2.75, 3.05) is 6.54 Å². The number of hydrogen-bond donors (Lipinski definition) is 2. The first-order valence-corrected chi connectivity index (χ1v) is 9.67. The average molecular weight is 493 g/mol. The van der Waals surface area contributed by atoms with Gasteiger partial charge in [0.2, 0.25) is 0 Å². The van der Waals surface area contributed by atoms with Crippen molar-refractivity contribution in [2.45, 2.75) is 53.2 Å². The maximum atomic E-state index is 10.1. The Balaban J connectivity index is 0.000000342. The van der Waals surface area contributed by atoms with Gasteiger partial charge in [0, 0.05) is 12.6 Å². The van der Waals surface area contributed by atoms with Crippen molar-refractivity contribution in [1.82, 2.24) is 5.32 Å². The molecule has 0 aliphatic carbocycles. The van der Waals surface area contributed by atoms with Crippen LogP contribution in [0.4, 0.5) is 0 Å². The number of carbonyl (C=O) groups excluding carboxylic acids is 1. The van der Waals surface area contributed by atoms with Crippen molar-refractivity contribution in [3.63, 3.8) is 0 Å². The molecule has 0 bridgehead atoms. The average Bonchev–Trinajstić information content (AvgIpc) is 2.98. The SMILES string of the molecule is Cc1c(C)c(C)[c-](C)c1C.O=C([O-])C1CC(O)CN1.[Cl][Ir+2]. The molecule has 122 valence electrons. The van der Waals surface area contributed by atoms with Gasteiger partial charge >= 0.3 is 27.5 Å². The number of nitrogens with one attached hydrogen (secondary N) is 1. The third-order valence-corrected chi connectivity index (χ3v) is 4.20. The van der Waals surface area contributed by atoms with E-state index >= 15 is 0 Å². The Labute approximate surface area is 141 Å². The molecular weight excluding hydrogens is 470 g/mol. The number of hydrogen-bond acceptors (Lipinski definition) is 4. The summed E-state index contributed by atoms with van der Waals surface area (Å²) in [6.45, 7) is 11.4. The minimum absolute atomic E-state index is 0.266. The molecular formula is C15H23ClIrNO3. The van der Waals surface area contributed by atoms with E-state index in [0.29, 0.717) is 6.54 Å². The molecule has 0 saturated carbocycles. The predicted octanol–water partition coefficient (Wildman–Crippen LogP) is 1.09. The van der Waals surface area contributed by atoms with Gasteiger partial charge in [-0.15, -0.1) is 0 Å². The van der Waals surface area contributed by atoms with Gasteiger partial charge in [0.05, 0.1) is 12.1 Å². The van der Waals surface area contributed by atoms with Gasteiger partial charge in [0.1, 0.15) is 0 Å². The fourth-order valence-electron chi connectivity index (χ4n) is 2.30. The van der Waals surface area contributed by atoms with Crippen LogP contribution in [0.15, 0.2) is 0 Å². The summed E-state index contributed by atoms with van der Waals surface area (Å²) >= 11 is 1.47. The molecule has 21 heavy (non-hydrogen) atoms. The monoisotopic (exact) mass is 493 g/mol. The molecule has 2 atom stereocenters. The predicted molar refractivity (Wildman–Crippen MR) is 79.0 cm³/mol. The molecule has 0 aromatic heterocycles. The first kappa shape index (κ1) is 20.7. The van der Waals surface area contributed by atoms with Crippen LogP contribution in [0.2, 0.25) is 0 Å². The molecule has 1 fully saturated rings. The number of carboxylic acids is 1. The van der Waals surface area contributed by atoms with Gasteiger partial charge in [-0.3, -0.25) is 0 Å². The summed E-state index contributed by atoms with van der Waals surface area (Å²) < 4.78 is 0. The molecule has 0 amide bonds. The first-order chi connectivity index (χ1) is 9.75. The normalized spacial score (nSPS) is 20.2. The van der Waals surface area contributed by atoms with Gasteiger partial charge in [-0.1, -0.05) is 34.6 Å². The van der Waals surface area contributed by atoms with Gasteiger partial charge in [-0.2, -0.15) is 27.8 Å². The topological polar surface area (TPSA) is 72.4 Å². The summed E-state index contributed by atoms with van der Waals surface area (Å²) in [5, 5.41) is 21.5. The second kappa shape index (κ2) is 9.65. The standard InChI is InChI=1S/C10H15.C5H9NO3.ClH.Ir/c1-6-7(2)9(4)10(5)8(6)3;7-3-1-4(5(8)9)6-2-3;;/h1-5H3;3-4,6-7H,1-2H2,(H,8,9);1H;/q-1;;;+3/p-2. The van der Waals surface area contributed by atoms with Crippen LogP contribution in [0, 0.1) is 34.6 Å². The second-order valence-corrected chi connectivity index (χ2v) is 5.29. The van der Waals surface area contributed by atoms with Gasteiger partial charge in [0.15, 0.2) is 0 Å².